The fourth-order valence-corrected chi connectivity index (χ4v) is 2.98. The number of rotatable bonds is 4. The zero-order chi connectivity index (χ0) is 22.1. The summed E-state index contributed by atoms with van der Waals surface area (Å²) in [4.78, 5) is 25.8. The van der Waals surface area contributed by atoms with Gasteiger partial charge in [0.2, 0.25) is 5.95 Å². The van der Waals surface area contributed by atoms with Gasteiger partial charge in [-0.2, -0.15) is 0 Å². The van der Waals surface area contributed by atoms with Gasteiger partial charge in [0.05, 0.1) is 6.54 Å². The molecule has 0 saturated carbocycles. The molecule has 1 amide bonds. The Bertz CT molecular complexity index is 937. The molecule has 1 atom stereocenters. The predicted molar refractivity (Wildman–Crippen MR) is 95.7 cm³/mol. The van der Waals surface area contributed by atoms with Gasteiger partial charge >= 0.3 is 6.36 Å². The van der Waals surface area contributed by atoms with E-state index in [4.69, 9.17) is 0 Å². The first-order valence-electron chi connectivity index (χ1n) is 8.95. The Morgan fingerprint density at radius 2 is 2.07 bits per heavy atom. The van der Waals surface area contributed by atoms with Crippen molar-refractivity contribution in [3.05, 3.63) is 35.8 Å². The first-order valence-corrected chi connectivity index (χ1v) is 8.95. The van der Waals surface area contributed by atoms with E-state index in [9.17, 15) is 26.7 Å². The van der Waals surface area contributed by atoms with Crippen LogP contribution in [-0.2, 0) is 0 Å². The lowest BCUT2D eigenvalue weighted by molar-refractivity contribution is -0.274. The molecule has 0 aliphatic carbocycles. The Kier molecular flexibility index (Phi) is 5.77. The number of alkyl halides is 5. The number of likely N-dealkylation sites (tertiary alicyclic amines) is 1. The lowest BCUT2D eigenvalue weighted by Gasteiger charge is -2.37. The number of hydrogen-bond donors (Lipinski definition) is 1. The van der Waals surface area contributed by atoms with Crippen molar-refractivity contribution in [2.45, 2.75) is 45.0 Å². The van der Waals surface area contributed by atoms with Gasteiger partial charge in [0, 0.05) is 30.9 Å². The van der Waals surface area contributed by atoms with Crippen molar-refractivity contribution in [1.29, 1.82) is 0 Å². The lowest BCUT2D eigenvalue weighted by atomic mass is 10.00. The van der Waals surface area contributed by atoms with Crippen LogP contribution in [0.2, 0.25) is 0 Å². The van der Waals surface area contributed by atoms with Crippen LogP contribution >= 0.6 is 0 Å². The van der Waals surface area contributed by atoms with E-state index in [0.29, 0.717) is 5.56 Å². The van der Waals surface area contributed by atoms with Crippen LogP contribution in [0.4, 0.5) is 33.7 Å². The molecule has 0 aromatic carbocycles. The van der Waals surface area contributed by atoms with Crippen LogP contribution in [0.5, 0.6) is 5.75 Å². The summed E-state index contributed by atoms with van der Waals surface area (Å²) in [5.74, 6) is -4.35. The monoisotopic (exact) mass is 431 g/mol. The van der Waals surface area contributed by atoms with Gasteiger partial charge in [-0.25, -0.2) is 23.7 Å². The average molecular weight is 431 g/mol. The Hall–Kier alpha value is -3.05. The van der Waals surface area contributed by atoms with Gasteiger partial charge in [0.25, 0.3) is 11.8 Å². The Morgan fingerprint density at radius 1 is 1.33 bits per heavy atom. The molecule has 12 heteroatoms. The summed E-state index contributed by atoms with van der Waals surface area (Å²) in [6, 6.07) is 1.60. The summed E-state index contributed by atoms with van der Waals surface area (Å²) in [5, 5.41) is 2.58. The van der Waals surface area contributed by atoms with Crippen LogP contribution in [0.15, 0.2) is 24.5 Å². The highest BCUT2D eigenvalue weighted by Crippen LogP contribution is 2.31. The minimum atomic E-state index is -4.87. The zero-order valence-corrected chi connectivity index (χ0v) is 16.0. The van der Waals surface area contributed by atoms with Crippen molar-refractivity contribution in [2.75, 3.05) is 11.9 Å². The topological polar surface area (TPSA) is 80.2 Å². The molecule has 0 radical (unpaired) electrons. The maximum absolute atomic E-state index is 13.8. The Morgan fingerprint density at radius 3 is 2.77 bits per heavy atom. The van der Waals surface area contributed by atoms with E-state index in [1.165, 1.54) is 6.20 Å². The number of aromatic nitrogens is 3. The molecule has 0 bridgehead atoms. The number of ether oxygens (including phenoxy) is 1. The molecule has 2 aromatic heterocycles. The normalized spacial score (nSPS) is 18.8. The van der Waals surface area contributed by atoms with Gasteiger partial charge in [-0.3, -0.25) is 4.79 Å². The van der Waals surface area contributed by atoms with Gasteiger partial charge < -0.3 is 15.0 Å². The van der Waals surface area contributed by atoms with Gasteiger partial charge in [-0.15, -0.1) is 13.2 Å². The summed E-state index contributed by atoms with van der Waals surface area (Å²) in [7, 11) is 0. The smallest absolute Gasteiger partial charge is 0.406 e. The number of aryl methyl sites for hydroxylation is 1. The first-order chi connectivity index (χ1) is 13.9. The van der Waals surface area contributed by atoms with E-state index < -0.39 is 30.5 Å². The van der Waals surface area contributed by atoms with Gasteiger partial charge in [0.1, 0.15) is 17.3 Å². The van der Waals surface area contributed by atoms with Crippen LogP contribution in [0.25, 0.3) is 0 Å². The summed E-state index contributed by atoms with van der Waals surface area (Å²) < 4.78 is 68.5. The minimum absolute atomic E-state index is 0.0584. The van der Waals surface area contributed by atoms with Crippen molar-refractivity contribution in [3.8, 4) is 5.75 Å². The molecule has 1 aliphatic rings. The maximum atomic E-state index is 13.8. The number of carbonyl (C=O) groups excluding carboxylic acids is 1. The van der Waals surface area contributed by atoms with Crippen LogP contribution in [0.1, 0.15) is 35.8 Å². The van der Waals surface area contributed by atoms with Gasteiger partial charge in [0.15, 0.2) is 0 Å². The first kappa shape index (κ1) is 21.7. The third-order valence-electron chi connectivity index (χ3n) is 4.50. The number of pyridine rings is 1. The number of nitrogens with one attached hydrogen (secondary N) is 1. The largest absolute Gasteiger partial charge is 0.573 e. The van der Waals surface area contributed by atoms with Crippen LogP contribution in [-0.4, -0.2) is 50.6 Å². The molecule has 162 valence electrons. The molecule has 7 nitrogen and oxygen atoms in total. The number of hydrogen-bond acceptors (Lipinski definition) is 6. The lowest BCUT2D eigenvalue weighted by Crippen LogP contribution is -2.50. The van der Waals surface area contributed by atoms with Crippen molar-refractivity contribution >= 4 is 17.7 Å². The van der Waals surface area contributed by atoms with E-state index in [0.717, 1.165) is 23.2 Å². The standard InChI is InChI=1S/C18H18F5N5O2/c1-10-8-25-16(26-13-7-12(4-6-24-13)30-18(21,22)23)27-14(10)15(29)28-9-17(19,20)5-3-11(28)2/h4,6-8,11H,3,5,9H2,1-2H3,(H,24,25,26,27)/t11-/m0/s1. The van der Waals surface area contributed by atoms with E-state index in [1.54, 1.807) is 13.8 Å². The maximum Gasteiger partial charge on any atom is 0.573 e. The van der Waals surface area contributed by atoms with E-state index in [1.807, 2.05) is 0 Å². The Balaban J connectivity index is 1.82. The highest BCUT2D eigenvalue weighted by molar-refractivity contribution is 5.94. The molecular formula is C18H18F5N5O2. The van der Waals surface area contributed by atoms with Crippen molar-refractivity contribution in [3.63, 3.8) is 0 Å². The highest BCUT2D eigenvalue weighted by Gasteiger charge is 2.41. The number of nitrogens with zero attached hydrogens (tertiary/aromatic N) is 4. The van der Waals surface area contributed by atoms with Crippen molar-refractivity contribution in [2.24, 2.45) is 0 Å². The highest BCUT2D eigenvalue weighted by atomic mass is 19.4. The fourth-order valence-electron chi connectivity index (χ4n) is 2.98. The molecule has 3 rings (SSSR count). The number of halogens is 5. The molecule has 1 N–H and O–H groups in total. The molecule has 30 heavy (non-hydrogen) atoms. The molecule has 1 aliphatic heterocycles. The third kappa shape index (κ3) is 5.30. The summed E-state index contributed by atoms with van der Waals surface area (Å²) in [6.45, 7) is 2.52. The number of carbonyl (C=O) groups is 1. The SMILES string of the molecule is Cc1cnc(Nc2cc(OC(F)(F)F)ccn2)nc1C(=O)N1CC(F)(F)CC[C@@H]1C. The molecule has 3 heterocycles. The molecule has 0 unspecified atom stereocenters. The van der Waals surface area contributed by atoms with Crippen molar-refractivity contribution in [1.82, 2.24) is 19.9 Å². The number of piperidine rings is 1. The van der Waals surface area contributed by atoms with E-state index >= 15 is 0 Å². The average Bonchev–Trinajstić information content (AvgIpc) is 2.64. The Labute approximate surface area is 168 Å². The second-order valence-electron chi connectivity index (χ2n) is 6.95. The zero-order valence-electron chi connectivity index (χ0n) is 16.0. The van der Waals surface area contributed by atoms with E-state index in [-0.39, 0.29) is 36.3 Å². The second kappa shape index (κ2) is 8.00. The van der Waals surface area contributed by atoms with Gasteiger partial charge in [-0.1, -0.05) is 0 Å². The van der Waals surface area contributed by atoms with Crippen LogP contribution < -0.4 is 10.1 Å². The molecule has 1 fully saturated rings. The quantitative estimate of drug-likeness (QED) is 0.735. The predicted octanol–water partition coefficient (Wildman–Crippen LogP) is 4.08. The number of anilines is 2. The van der Waals surface area contributed by atoms with Crippen LogP contribution in [0.3, 0.4) is 0 Å². The summed E-state index contributed by atoms with van der Waals surface area (Å²) in [5.41, 5.74) is 0.286. The second-order valence-corrected chi connectivity index (χ2v) is 6.95. The fraction of sp³-hybridized carbons (Fsp3) is 0.444. The minimum Gasteiger partial charge on any atom is -0.406 e. The van der Waals surface area contributed by atoms with Crippen molar-refractivity contribution < 1.29 is 31.5 Å². The molecular weight excluding hydrogens is 413 g/mol. The molecule has 0 spiro atoms. The summed E-state index contributed by atoms with van der Waals surface area (Å²) in [6.07, 6.45) is -2.61. The molecule has 2 aromatic rings. The summed E-state index contributed by atoms with van der Waals surface area (Å²) >= 11 is 0. The van der Waals surface area contributed by atoms with Crippen LogP contribution in [0, 0.1) is 6.92 Å². The molecule has 1 saturated heterocycles. The number of amides is 1. The van der Waals surface area contributed by atoms with Gasteiger partial charge in [-0.05, 0) is 31.9 Å². The third-order valence-corrected chi connectivity index (χ3v) is 4.50. The van der Waals surface area contributed by atoms with E-state index in [2.05, 4.69) is 25.0 Å².